The van der Waals surface area contributed by atoms with E-state index in [1.165, 1.54) is 5.06 Å². The van der Waals surface area contributed by atoms with Gasteiger partial charge in [0.05, 0.1) is 0 Å². The summed E-state index contributed by atoms with van der Waals surface area (Å²) in [5.74, 6) is 0. The molecule has 2 heteroatoms. The van der Waals surface area contributed by atoms with Crippen molar-refractivity contribution in [1.82, 2.24) is 5.06 Å². The van der Waals surface area contributed by atoms with Gasteiger partial charge >= 0.3 is 0 Å². The number of hydrogen-bond acceptors (Lipinski definition) is 2. The van der Waals surface area contributed by atoms with Crippen LogP contribution in [0.5, 0.6) is 0 Å². The van der Waals surface area contributed by atoms with Crippen molar-refractivity contribution < 1.29 is 5.21 Å². The standard InChI is InChI=1S/C11H25NO.C2H6/c1-7-9-11(5,6)12(13)10(3,4)8-2;1-2/h13H,7-9H2,1-6H3;1-2H3. The van der Waals surface area contributed by atoms with Crippen LogP contribution < -0.4 is 0 Å². The second-order valence-corrected chi connectivity index (χ2v) is 5.04. The molecule has 0 radical (unpaired) electrons. The molecule has 0 atom stereocenters. The van der Waals surface area contributed by atoms with Crippen molar-refractivity contribution >= 4 is 0 Å². The maximum absolute atomic E-state index is 10.1. The molecule has 0 heterocycles. The third-order valence-corrected chi connectivity index (χ3v) is 2.87. The molecule has 0 aromatic carbocycles. The molecule has 0 aliphatic carbocycles. The first-order chi connectivity index (χ1) is 6.78. The fourth-order valence-corrected chi connectivity index (χ4v) is 1.69. The number of rotatable bonds is 5. The Labute approximate surface area is 96.6 Å². The highest BCUT2D eigenvalue weighted by Gasteiger charge is 2.34. The van der Waals surface area contributed by atoms with Gasteiger partial charge in [-0.05, 0) is 40.5 Å². The molecular formula is C13H31NO. The Morgan fingerprint density at radius 1 is 0.933 bits per heavy atom. The Kier molecular flexibility index (Phi) is 8.35. The number of hydrogen-bond donors (Lipinski definition) is 1. The normalized spacial score (nSPS) is 12.4. The summed E-state index contributed by atoms with van der Waals surface area (Å²) in [5.41, 5.74) is -0.243. The summed E-state index contributed by atoms with van der Waals surface area (Å²) in [4.78, 5) is 0. The average molecular weight is 217 g/mol. The van der Waals surface area contributed by atoms with Gasteiger partial charge in [-0.2, -0.15) is 5.06 Å². The molecule has 15 heavy (non-hydrogen) atoms. The minimum atomic E-state index is -0.126. The van der Waals surface area contributed by atoms with Gasteiger partial charge in [0, 0.05) is 11.1 Å². The van der Waals surface area contributed by atoms with Crippen LogP contribution in [0.2, 0.25) is 0 Å². The lowest BCUT2D eigenvalue weighted by Crippen LogP contribution is -2.53. The summed E-state index contributed by atoms with van der Waals surface area (Å²) < 4.78 is 0. The Hall–Kier alpha value is -0.0800. The molecule has 0 saturated heterocycles. The molecule has 0 rings (SSSR count). The fraction of sp³-hybridized carbons (Fsp3) is 1.00. The predicted octanol–water partition coefficient (Wildman–Crippen LogP) is 4.47. The van der Waals surface area contributed by atoms with Gasteiger partial charge in [-0.1, -0.05) is 34.1 Å². The summed E-state index contributed by atoms with van der Waals surface area (Å²) >= 11 is 0. The first kappa shape index (κ1) is 17.3. The van der Waals surface area contributed by atoms with Crippen molar-refractivity contribution in [2.24, 2.45) is 0 Å². The highest BCUT2D eigenvalue weighted by atomic mass is 16.5. The average Bonchev–Trinajstić information content (AvgIpc) is 2.19. The lowest BCUT2D eigenvalue weighted by atomic mass is 9.91. The van der Waals surface area contributed by atoms with Crippen LogP contribution in [-0.4, -0.2) is 21.3 Å². The monoisotopic (exact) mass is 217 g/mol. The summed E-state index contributed by atoms with van der Waals surface area (Å²) in [6.45, 7) is 16.6. The molecule has 0 aromatic heterocycles. The predicted molar refractivity (Wildman–Crippen MR) is 68.3 cm³/mol. The molecule has 0 saturated carbocycles. The highest BCUT2D eigenvalue weighted by molar-refractivity contribution is 4.85. The van der Waals surface area contributed by atoms with Gasteiger partial charge in [0.1, 0.15) is 0 Å². The number of nitrogens with zero attached hydrogens (tertiary/aromatic N) is 1. The molecular weight excluding hydrogens is 186 g/mol. The zero-order chi connectivity index (χ0) is 12.7. The largest absolute Gasteiger partial charge is 0.313 e. The third kappa shape index (κ3) is 5.53. The first-order valence-corrected chi connectivity index (χ1v) is 6.27. The van der Waals surface area contributed by atoms with Crippen LogP contribution in [-0.2, 0) is 0 Å². The van der Waals surface area contributed by atoms with E-state index in [4.69, 9.17) is 0 Å². The van der Waals surface area contributed by atoms with E-state index < -0.39 is 0 Å². The van der Waals surface area contributed by atoms with Crippen molar-refractivity contribution in [2.75, 3.05) is 0 Å². The molecule has 0 amide bonds. The summed E-state index contributed by atoms with van der Waals surface area (Å²) in [6.07, 6.45) is 3.08. The van der Waals surface area contributed by atoms with Crippen molar-refractivity contribution in [3.8, 4) is 0 Å². The van der Waals surface area contributed by atoms with Gasteiger partial charge in [-0.25, -0.2) is 0 Å². The minimum Gasteiger partial charge on any atom is -0.313 e. The van der Waals surface area contributed by atoms with Crippen LogP contribution in [0.15, 0.2) is 0 Å². The molecule has 0 aromatic rings. The van der Waals surface area contributed by atoms with E-state index in [1.807, 2.05) is 13.8 Å². The van der Waals surface area contributed by atoms with Crippen LogP contribution >= 0.6 is 0 Å². The van der Waals surface area contributed by atoms with E-state index in [0.29, 0.717) is 0 Å². The third-order valence-electron chi connectivity index (χ3n) is 2.87. The van der Waals surface area contributed by atoms with E-state index in [9.17, 15) is 5.21 Å². The Bertz CT molecular complexity index is 153. The zero-order valence-electron chi connectivity index (χ0n) is 12.0. The van der Waals surface area contributed by atoms with Crippen LogP contribution in [0, 0.1) is 0 Å². The van der Waals surface area contributed by atoms with E-state index in [1.54, 1.807) is 0 Å². The first-order valence-electron chi connectivity index (χ1n) is 6.27. The van der Waals surface area contributed by atoms with Crippen LogP contribution in [0.1, 0.15) is 74.7 Å². The Morgan fingerprint density at radius 2 is 1.33 bits per heavy atom. The van der Waals surface area contributed by atoms with Crippen molar-refractivity contribution in [3.05, 3.63) is 0 Å². The van der Waals surface area contributed by atoms with Crippen molar-refractivity contribution in [1.29, 1.82) is 0 Å². The van der Waals surface area contributed by atoms with Gasteiger partial charge in [0.2, 0.25) is 0 Å². The molecule has 0 bridgehead atoms. The topological polar surface area (TPSA) is 23.5 Å². The van der Waals surface area contributed by atoms with Gasteiger partial charge in [0.15, 0.2) is 0 Å². The van der Waals surface area contributed by atoms with Gasteiger partial charge in [0.25, 0.3) is 0 Å². The molecule has 0 spiro atoms. The van der Waals surface area contributed by atoms with E-state index in [2.05, 4.69) is 41.5 Å². The quantitative estimate of drug-likeness (QED) is 0.687. The zero-order valence-corrected chi connectivity index (χ0v) is 12.0. The van der Waals surface area contributed by atoms with Crippen LogP contribution in [0.3, 0.4) is 0 Å². The Balaban J connectivity index is 0. The Morgan fingerprint density at radius 3 is 1.60 bits per heavy atom. The van der Waals surface area contributed by atoms with Crippen LogP contribution in [0.4, 0.5) is 0 Å². The maximum atomic E-state index is 10.1. The smallest absolute Gasteiger partial charge is 0.0410 e. The number of hydroxylamine groups is 2. The summed E-state index contributed by atoms with van der Waals surface area (Å²) in [7, 11) is 0. The van der Waals surface area contributed by atoms with Crippen LogP contribution in [0.25, 0.3) is 0 Å². The molecule has 94 valence electrons. The molecule has 0 aliphatic rings. The van der Waals surface area contributed by atoms with Gasteiger partial charge in [-0.3, -0.25) is 0 Å². The molecule has 2 nitrogen and oxygen atoms in total. The lowest BCUT2D eigenvalue weighted by molar-refractivity contribution is -0.225. The fourth-order valence-electron chi connectivity index (χ4n) is 1.69. The SMILES string of the molecule is CC.CCCC(C)(C)N(O)C(C)(C)CC. The van der Waals surface area contributed by atoms with Crippen molar-refractivity contribution in [2.45, 2.75) is 85.7 Å². The van der Waals surface area contributed by atoms with E-state index >= 15 is 0 Å². The maximum Gasteiger partial charge on any atom is 0.0410 e. The lowest BCUT2D eigenvalue weighted by Gasteiger charge is -2.43. The van der Waals surface area contributed by atoms with Crippen molar-refractivity contribution in [3.63, 3.8) is 0 Å². The second-order valence-electron chi connectivity index (χ2n) is 5.04. The van der Waals surface area contributed by atoms with Gasteiger partial charge < -0.3 is 5.21 Å². The van der Waals surface area contributed by atoms with E-state index in [-0.39, 0.29) is 11.1 Å². The second kappa shape index (κ2) is 7.24. The minimum absolute atomic E-state index is 0.117. The molecule has 0 aliphatic heterocycles. The summed E-state index contributed by atoms with van der Waals surface area (Å²) in [6, 6.07) is 0. The highest BCUT2D eigenvalue weighted by Crippen LogP contribution is 2.28. The molecule has 0 unspecified atom stereocenters. The summed E-state index contributed by atoms with van der Waals surface area (Å²) in [5, 5.41) is 11.6. The molecule has 0 fully saturated rings. The van der Waals surface area contributed by atoms with E-state index in [0.717, 1.165) is 19.3 Å². The van der Waals surface area contributed by atoms with Gasteiger partial charge in [-0.15, -0.1) is 0 Å². The molecule has 1 N–H and O–H groups in total.